The number of oxazole rings is 1. The SMILES string of the molecule is CC(=N)CCC(C)COc1ccc(-c2cnc(N)c(-c3ncco3)c2)cc1. The van der Waals surface area contributed by atoms with Crippen molar-refractivity contribution in [1.29, 1.82) is 5.41 Å². The Labute approximate surface area is 158 Å². The van der Waals surface area contributed by atoms with Crippen molar-refractivity contribution < 1.29 is 9.15 Å². The Kier molecular flexibility index (Phi) is 5.86. The maximum absolute atomic E-state index is 7.50. The predicted octanol–water partition coefficient (Wildman–Crippen LogP) is 4.82. The molecule has 3 aromatic rings. The predicted molar refractivity (Wildman–Crippen MR) is 107 cm³/mol. The number of rotatable bonds is 8. The number of nitrogens with zero attached hydrogens (tertiary/aromatic N) is 2. The fourth-order valence-electron chi connectivity index (χ4n) is 2.69. The molecule has 0 radical (unpaired) electrons. The van der Waals surface area contributed by atoms with Crippen molar-refractivity contribution in [3.63, 3.8) is 0 Å². The van der Waals surface area contributed by atoms with Crippen LogP contribution in [-0.4, -0.2) is 22.3 Å². The van der Waals surface area contributed by atoms with Crippen LogP contribution in [0.15, 0.2) is 53.4 Å². The molecule has 3 N–H and O–H groups in total. The van der Waals surface area contributed by atoms with Gasteiger partial charge in [0, 0.05) is 17.5 Å². The minimum Gasteiger partial charge on any atom is -0.493 e. The molecular formula is C21H24N4O2. The highest BCUT2D eigenvalue weighted by atomic mass is 16.5. The summed E-state index contributed by atoms with van der Waals surface area (Å²) in [4.78, 5) is 8.40. The van der Waals surface area contributed by atoms with Crippen LogP contribution in [0.4, 0.5) is 5.82 Å². The Morgan fingerprint density at radius 1 is 1.22 bits per heavy atom. The van der Waals surface area contributed by atoms with E-state index in [0.29, 0.717) is 35.5 Å². The van der Waals surface area contributed by atoms with E-state index in [1.54, 1.807) is 12.4 Å². The van der Waals surface area contributed by atoms with Gasteiger partial charge in [0.15, 0.2) is 0 Å². The first-order valence-electron chi connectivity index (χ1n) is 8.95. The van der Waals surface area contributed by atoms with Crippen molar-refractivity contribution in [2.75, 3.05) is 12.3 Å². The fraction of sp³-hybridized carbons (Fsp3) is 0.286. The van der Waals surface area contributed by atoms with Gasteiger partial charge < -0.3 is 20.3 Å². The Morgan fingerprint density at radius 2 is 2.00 bits per heavy atom. The Balaban J connectivity index is 1.67. The van der Waals surface area contributed by atoms with Gasteiger partial charge in [-0.25, -0.2) is 9.97 Å². The third-order valence-corrected chi connectivity index (χ3v) is 4.32. The average Bonchev–Trinajstić information content (AvgIpc) is 3.20. The summed E-state index contributed by atoms with van der Waals surface area (Å²) >= 11 is 0. The molecule has 6 heteroatoms. The summed E-state index contributed by atoms with van der Waals surface area (Å²) in [6, 6.07) is 9.81. The molecule has 140 valence electrons. The molecule has 1 atom stereocenters. The molecule has 0 fully saturated rings. The van der Waals surface area contributed by atoms with Crippen LogP contribution in [0.25, 0.3) is 22.6 Å². The van der Waals surface area contributed by atoms with Crippen LogP contribution in [0.1, 0.15) is 26.7 Å². The molecule has 0 bridgehead atoms. The van der Waals surface area contributed by atoms with E-state index in [4.69, 9.17) is 20.3 Å². The van der Waals surface area contributed by atoms with E-state index in [0.717, 1.165) is 29.7 Å². The van der Waals surface area contributed by atoms with Gasteiger partial charge in [-0.1, -0.05) is 19.1 Å². The molecule has 1 aromatic carbocycles. The number of nitrogens with one attached hydrogen (secondary N) is 1. The monoisotopic (exact) mass is 364 g/mol. The van der Waals surface area contributed by atoms with Gasteiger partial charge in [0.2, 0.25) is 5.89 Å². The van der Waals surface area contributed by atoms with Crippen LogP contribution in [-0.2, 0) is 0 Å². The molecule has 27 heavy (non-hydrogen) atoms. The minimum absolute atomic E-state index is 0.385. The Hall–Kier alpha value is -3.15. The number of anilines is 1. The quantitative estimate of drug-likeness (QED) is 0.558. The normalized spacial score (nSPS) is 11.9. The van der Waals surface area contributed by atoms with Gasteiger partial charge in [-0.15, -0.1) is 0 Å². The standard InChI is InChI=1S/C21H24N4O2/c1-14(3-4-15(2)22)13-27-18-7-5-16(6-8-18)17-11-19(20(23)25-12-17)21-24-9-10-26-21/h5-12,14,22H,3-4,13H2,1-2H3,(H2,23,25). The van der Waals surface area contributed by atoms with Gasteiger partial charge in [-0.3, -0.25) is 0 Å². The number of ether oxygens (including phenoxy) is 1. The number of hydrogen-bond donors (Lipinski definition) is 2. The topological polar surface area (TPSA) is 98.0 Å². The summed E-state index contributed by atoms with van der Waals surface area (Å²) in [5.74, 6) is 2.08. The summed E-state index contributed by atoms with van der Waals surface area (Å²) < 4.78 is 11.2. The van der Waals surface area contributed by atoms with E-state index in [1.165, 1.54) is 6.26 Å². The molecule has 0 aliphatic heterocycles. The second-order valence-electron chi connectivity index (χ2n) is 6.75. The first-order valence-corrected chi connectivity index (χ1v) is 8.95. The molecule has 1 unspecified atom stereocenters. The largest absolute Gasteiger partial charge is 0.493 e. The molecular weight excluding hydrogens is 340 g/mol. The lowest BCUT2D eigenvalue weighted by Gasteiger charge is -2.13. The van der Waals surface area contributed by atoms with Crippen LogP contribution < -0.4 is 10.5 Å². The zero-order chi connectivity index (χ0) is 19.2. The lowest BCUT2D eigenvalue weighted by atomic mass is 10.0. The van der Waals surface area contributed by atoms with Crippen LogP contribution in [0.3, 0.4) is 0 Å². The summed E-state index contributed by atoms with van der Waals surface area (Å²) in [6.07, 6.45) is 6.61. The van der Waals surface area contributed by atoms with Gasteiger partial charge in [0.05, 0.1) is 18.4 Å². The van der Waals surface area contributed by atoms with Gasteiger partial charge in [-0.2, -0.15) is 0 Å². The number of pyridine rings is 1. The number of aromatic nitrogens is 2. The molecule has 0 amide bonds. The average molecular weight is 364 g/mol. The Morgan fingerprint density at radius 3 is 2.67 bits per heavy atom. The highest BCUT2D eigenvalue weighted by molar-refractivity contribution is 5.78. The molecule has 6 nitrogen and oxygen atoms in total. The number of benzene rings is 1. The molecule has 0 aliphatic rings. The minimum atomic E-state index is 0.385. The summed E-state index contributed by atoms with van der Waals surface area (Å²) in [5, 5.41) is 7.50. The van der Waals surface area contributed by atoms with Gasteiger partial charge in [0.1, 0.15) is 17.8 Å². The smallest absolute Gasteiger partial charge is 0.229 e. The molecule has 2 heterocycles. The van der Waals surface area contributed by atoms with Gasteiger partial charge in [0.25, 0.3) is 0 Å². The number of hydrogen-bond acceptors (Lipinski definition) is 6. The summed E-state index contributed by atoms with van der Waals surface area (Å²) in [6.45, 7) is 4.62. The molecule has 0 saturated heterocycles. The second-order valence-corrected chi connectivity index (χ2v) is 6.75. The summed E-state index contributed by atoms with van der Waals surface area (Å²) in [5.41, 5.74) is 9.28. The fourth-order valence-corrected chi connectivity index (χ4v) is 2.69. The highest BCUT2D eigenvalue weighted by Gasteiger charge is 2.11. The first kappa shape index (κ1) is 18.6. The third kappa shape index (κ3) is 4.94. The van der Waals surface area contributed by atoms with E-state index < -0.39 is 0 Å². The first-order chi connectivity index (χ1) is 13.0. The maximum Gasteiger partial charge on any atom is 0.229 e. The second kappa shape index (κ2) is 8.49. The zero-order valence-corrected chi connectivity index (χ0v) is 15.6. The molecule has 0 saturated carbocycles. The van der Waals surface area contributed by atoms with E-state index in [9.17, 15) is 0 Å². The van der Waals surface area contributed by atoms with Crippen molar-refractivity contribution in [2.24, 2.45) is 5.92 Å². The summed E-state index contributed by atoms with van der Waals surface area (Å²) in [7, 11) is 0. The number of nitrogens with two attached hydrogens (primary N) is 1. The zero-order valence-electron chi connectivity index (χ0n) is 15.6. The molecule has 0 aliphatic carbocycles. The highest BCUT2D eigenvalue weighted by Crippen LogP contribution is 2.29. The van der Waals surface area contributed by atoms with Crippen LogP contribution in [0, 0.1) is 11.3 Å². The van der Waals surface area contributed by atoms with Crippen LogP contribution in [0.5, 0.6) is 5.75 Å². The van der Waals surface area contributed by atoms with Gasteiger partial charge >= 0.3 is 0 Å². The lowest BCUT2D eigenvalue weighted by Crippen LogP contribution is -2.09. The van der Waals surface area contributed by atoms with E-state index in [1.807, 2.05) is 37.3 Å². The lowest BCUT2D eigenvalue weighted by molar-refractivity contribution is 0.254. The van der Waals surface area contributed by atoms with Crippen molar-refractivity contribution in [3.05, 3.63) is 49.0 Å². The van der Waals surface area contributed by atoms with Gasteiger partial charge in [-0.05, 0) is 49.4 Å². The van der Waals surface area contributed by atoms with Crippen molar-refractivity contribution in [2.45, 2.75) is 26.7 Å². The van der Waals surface area contributed by atoms with E-state index in [-0.39, 0.29) is 0 Å². The van der Waals surface area contributed by atoms with E-state index in [2.05, 4.69) is 16.9 Å². The maximum atomic E-state index is 7.50. The molecule has 2 aromatic heterocycles. The van der Waals surface area contributed by atoms with Crippen LogP contribution >= 0.6 is 0 Å². The molecule has 0 spiro atoms. The molecule has 3 rings (SSSR count). The Bertz CT molecular complexity index is 889. The third-order valence-electron chi connectivity index (χ3n) is 4.32. The van der Waals surface area contributed by atoms with Crippen molar-refractivity contribution in [1.82, 2.24) is 9.97 Å². The van der Waals surface area contributed by atoms with Crippen molar-refractivity contribution >= 4 is 11.5 Å². The number of nitrogen functional groups attached to an aromatic ring is 1. The van der Waals surface area contributed by atoms with Crippen molar-refractivity contribution in [3.8, 4) is 28.3 Å². The van der Waals surface area contributed by atoms with E-state index >= 15 is 0 Å². The van der Waals surface area contributed by atoms with Crippen LogP contribution in [0.2, 0.25) is 0 Å².